The van der Waals surface area contributed by atoms with Crippen LogP contribution < -0.4 is 10.6 Å². The molecule has 6 heteroatoms. The third-order valence-electron chi connectivity index (χ3n) is 5.01. The minimum absolute atomic E-state index is 0. The summed E-state index contributed by atoms with van der Waals surface area (Å²) in [4.78, 5) is 12.5. The first-order valence-corrected chi connectivity index (χ1v) is 8.63. The first-order valence-electron chi connectivity index (χ1n) is 8.63. The first kappa shape index (κ1) is 19.5. The number of benzene rings is 1. The summed E-state index contributed by atoms with van der Waals surface area (Å²) in [5.74, 6) is -0.0217. The lowest BCUT2D eigenvalue weighted by molar-refractivity contribution is 0.0921. The van der Waals surface area contributed by atoms with Crippen molar-refractivity contribution in [3.63, 3.8) is 0 Å². The monoisotopic (exact) mass is 362 g/mol. The third-order valence-corrected chi connectivity index (χ3v) is 5.01. The van der Waals surface area contributed by atoms with E-state index in [1.54, 1.807) is 6.20 Å². The number of nitrogens with one attached hydrogen (secondary N) is 2. The highest BCUT2D eigenvalue weighted by atomic mass is 35.5. The van der Waals surface area contributed by atoms with E-state index in [-0.39, 0.29) is 23.7 Å². The van der Waals surface area contributed by atoms with Gasteiger partial charge in [0.05, 0.1) is 18.3 Å². The fourth-order valence-corrected chi connectivity index (χ4v) is 3.18. The average Bonchev–Trinajstić information content (AvgIpc) is 2.95. The van der Waals surface area contributed by atoms with Gasteiger partial charge in [-0.05, 0) is 43.8 Å². The van der Waals surface area contributed by atoms with Gasteiger partial charge in [0.15, 0.2) is 0 Å². The van der Waals surface area contributed by atoms with Crippen molar-refractivity contribution in [3.05, 3.63) is 53.3 Å². The Labute approximate surface area is 155 Å². The summed E-state index contributed by atoms with van der Waals surface area (Å²) in [6, 6.07) is 10.2. The van der Waals surface area contributed by atoms with Crippen molar-refractivity contribution >= 4 is 18.3 Å². The summed E-state index contributed by atoms with van der Waals surface area (Å²) in [6.07, 6.45) is 3.87. The molecule has 2 aromatic rings. The summed E-state index contributed by atoms with van der Waals surface area (Å²) in [5.41, 5.74) is 2.95. The second kappa shape index (κ2) is 8.50. The van der Waals surface area contributed by atoms with E-state index in [1.165, 1.54) is 5.56 Å². The van der Waals surface area contributed by atoms with Gasteiger partial charge < -0.3 is 10.6 Å². The zero-order valence-electron chi connectivity index (χ0n) is 14.9. The zero-order chi connectivity index (χ0) is 17.0. The number of piperidine rings is 1. The minimum atomic E-state index is -0.0217. The highest BCUT2D eigenvalue weighted by Gasteiger charge is 2.27. The molecule has 25 heavy (non-hydrogen) atoms. The molecular formula is C19H27ClN4O. The van der Waals surface area contributed by atoms with Gasteiger partial charge in [0.2, 0.25) is 0 Å². The lowest BCUT2D eigenvalue weighted by atomic mass is 9.81. The van der Waals surface area contributed by atoms with E-state index in [0.717, 1.165) is 38.2 Å². The van der Waals surface area contributed by atoms with E-state index < -0.39 is 0 Å². The van der Waals surface area contributed by atoms with Gasteiger partial charge in [-0.25, -0.2) is 0 Å². The van der Waals surface area contributed by atoms with Crippen LogP contribution in [0.15, 0.2) is 36.5 Å². The van der Waals surface area contributed by atoms with Crippen LogP contribution >= 0.6 is 12.4 Å². The Kier molecular flexibility index (Phi) is 6.62. The van der Waals surface area contributed by atoms with E-state index in [4.69, 9.17) is 0 Å². The molecule has 0 spiro atoms. The maximum Gasteiger partial charge on any atom is 0.254 e. The van der Waals surface area contributed by atoms with Gasteiger partial charge in [-0.15, -0.1) is 12.4 Å². The molecule has 0 aliphatic carbocycles. The maximum atomic E-state index is 12.5. The van der Waals surface area contributed by atoms with Crippen LogP contribution in [0.3, 0.4) is 0 Å². The molecule has 0 bridgehead atoms. The molecule has 2 N–H and O–H groups in total. The highest BCUT2D eigenvalue weighted by Crippen LogP contribution is 2.26. The van der Waals surface area contributed by atoms with Crippen molar-refractivity contribution in [1.82, 2.24) is 20.4 Å². The zero-order valence-corrected chi connectivity index (χ0v) is 15.7. The van der Waals surface area contributed by atoms with Crippen molar-refractivity contribution in [2.45, 2.75) is 33.2 Å². The standard InChI is InChI=1S/C19H26N4O.ClH/c1-15-17(12-22-23(15)13-16-6-4-3-5-7-16)18(24)21-14-19(2)8-10-20-11-9-19;/h3-7,12,20H,8-11,13-14H2,1-2H3,(H,21,24);1H. The van der Waals surface area contributed by atoms with Gasteiger partial charge >= 0.3 is 0 Å². The van der Waals surface area contributed by atoms with Crippen LogP contribution in [0.25, 0.3) is 0 Å². The van der Waals surface area contributed by atoms with Crippen LogP contribution in [0, 0.1) is 12.3 Å². The molecule has 3 rings (SSSR count). The van der Waals surface area contributed by atoms with E-state index in [0.29, 0.717) is 12.1 Å². The van der Waals surface area contributed by atoms with Crippen molar-refractivity contribution in [2.75, 3.05) is 19.6 Å². The van der Waals surface area contributed by atoms with Gasteiger partial charge in [-0.2, -0.15) is 5.10 Å². The second-order valence-corrected chi connectivity index (χ2v) is 7.03. The predicted octanol–water partition coefficient (Wildman–Crippen LogP) is 2.78. The normalized spacial score (nSPS) is 16.1. The summed E-state index contributed by atoms with van der Waals surface area (Å²) in [6.45, 7) is 7.66. The van der Waals surface area contributed by atoms with Crippen LogP contribution in [-0.4, -0.2) is 35.3 Å². The molecule has 1 aliphatic heterocycles. The lowest BCUT2D eigenvalue weighted by Gasteiger charge is -2.34. The minimum Gasteiger partial charge on any atom is -0.351 e. The van der Waals surface area contributed by atoms with Crippen molar-refractivity contribution in [3.8, 4) is 0 Å². The molecule has 2 heterocycles. The highest BCUT2D eigenvalue weighted by molar-refractivity contribution is 5.95. The molecule has 1 aliphatic rings. The van der Waals surface area contributed by atoms with E-state index in [1.807, 2.05) is 29.8 Å². The van der Waals surface area contributed by atoms with Crippen LogP contribution in [0.4, 0.5) is 0 Å². The van der Waals surface area contributed by atoms with Crippen molar-refractivity contribution < 1.29 is 4.79 Å². The molecule has 136 valence electrons. The molecule has 1 aromatic heterocycles. The fourth-order valence-electron chi connectivity index (χ4n) is 3.18. The van der Waals surface area contributed by atoms with Gasteiger partial charge in [0.25, 0.3) is 5.91 Å². The Bertz CT molecular complexity index is 693. The van der Waals surface area contributed by atoms with Crippen molar-refractivity contribution in [2.24, 2.45) is 5.41 Å². The quantitative estimate of drug-likeness (QED) is 0.859. The Balaban J connectivity index is 0.00000225. The smallest absolute Gasteiger partial charge is 0.254 e. The molecule has 1 fully saturated rings. The number of aromatic nitrogens is 2. The number of nitrogens with zero attached hydrogens (tertiary/aromatic N) is 2. The molecule has 0 atom stereocenters. The van der Waals surface area contributed by atoms with Gasteiger partial charge in [0, 0.05) is 12.2 Å². The van der Waals surface area contributed by atoms with E-state index in [2.05, 4.69) is 34.8 Å². The Morgan fingerprint density at radius 1 is 1.28 bits per heavy atom. The third kappa shape index (κ3) is 4.83. The molecular weight excluding hydrogens is 336 g/mol. The number of carbonyl (C=O) groups excluding carboxylic acids is 1. The van der Waals surface area contributed by atoms with Crippen LogP contribution in [-0.2, 0) is 6.54 Å². The first-order chi connectivity index (χ1) is 11.6. The number of rotatable bonds is 5. The topological polar surface area (TPSA) is 59.0 Å². The van der Waals surface area contributed by atoms with Crippen LogP contribution in [0.5, 0.6) is 0 Å². The molecule has 0 saturated carbocycles. The van der Waals surface area contributed by atoms with Crippen LogP contribution in [0.2, 0.25) is 0 Å². The molecule has 0 unspecified atom stereocenters. The largest absolute Gasteiger partial charge is 0.351 e. The van der Waals surface area contributed by atoms with Gasteiger partial charge in [0.1, 0.15) is 0 Å². The second-order valence-electron chi connectivity index (χ2n) is 7.03. The van der Waals surface area contributed by atoms with Crippen LogP contribution in [0.1, 0.15) is 41.4 Å². The molecule has 0 radical (unpaired) electrons. The average molecular weight is 363 g/mol. The SMILES string of the molecule is Cc1c(C(=O)NCC2(C)CCNCC2)cnn1Cc1ccccc1.Cl. The number of hydrogen-bond acceptors (Lipinski definition) is 3. The molecule has 5 nitrogen and oxygen atoms in total. The fraction of sp³-hybridized carbons (Fsp3) is 0.474. The Morgan fingerprint density at radius 2 is 1.96 bits per heavy atom. The Hall–Kier alpha value is -1.85. The summed E-state index contributed by atoms with van der Waals surface area (Å²) in [7, 11) is 0. The van der Waals surface area contributed by atoms with Crippen molar-refractivity contribution in [1.29, 1.82) is 0 Å². The number of amides is 1. The number of halogens is 1. The van der Waals surface area contributed by atoms with E-state index in [9.17, 15) is 4.79 Å². The maximum absolute atomic E-state index is 12.5. The lowest BCUT2D eigenvalue weighted by Crippen LogP contribution is -2.43. The summed E-state index contributed by atoms with van der Waals surface area (Å²) < 4.78 is 1.89. The van der Waals surface area contributed by atoms with Gasteiger partial charge in [-0.3, -0.25) is 9.48 Å². The molecule has 1 amide bonds. The summed E-state index contributed by atoms with van der Waals surface area (Å²) >= 11 is 0. The summed E-state index contributed by atoms with van der Waals surface area (Å²) in [5, 5.41) is 10.9. The number of carbonyl (C=O) groups is 1. The molecule has 1 saturated heterocycles. The number of hydrogen-bond donors (Lipinski definition) is 2. The predicted molar refractivity (Wildman–Crippen MR) is 102 cm³/mol. The Morgan fingerprint density at radius 3 is 2.64 bits per heavy atom. The molecule has 1 aromatic carbocycles. The van der Waals surface area contributed by atoms with Gasteiger partial charge in [-0.1, -0.05) is 37.3 Å². The van der Waals surface area contributed by atoms with E-state index >= 15 is 0 Å².